The van der Waals surface area contributed by atoms with Crippen molar-refractivity contribution in [2.24, 2.45) is 0 Å². The molecule has 0 bridgehead atoms. The van der Waals surface area contributed by atoms with Gasteiger partial charge in [0.1, 0.15) is 0 Å². The second-order valence-electron chi connectivity index (χ2n) is 9.13. The molecule has 1 heterocycles. The Morgan fingerprint density at radius 2 is 1.14 bits per heavy atom. The number of anilines is 2. The minimum atomic E-state index is 1.10. The van der Waals surface area contributed by atoms with Crippen LogP contribution in [-0.4, -0.2) is 0 Å². The van der Waals surface area contributed by atoms with Gasteiger partial charge in [-0.2, -0.15) is 0 Å². The van der Waals surface area contributed by atoms with E-state index in [1.165, 1.54) is 53.2 Å². The van der Waals surface area contributed by atoms with E-state index in [1.54, 1.807) is 0 Å². The van der Waals surface area contributed by atoms with E-state index in [-0.39, 0.29) is 0 Å². The van der Waals surface area contributed by atoms with Crippen LogP contribution in [-0.2, 0) is 0 Å². The summed E-state index contributed by atoms with van der Waals surface area (Å²) in [5.41, 5.74) is 7.16. The highest BCUT2D eigenvalue weighted by Crippen LogP contribution is 2.42. The fraction of sp³-hybridized carbons (Fsp3) is 0. The van der Waals surface area contributed by atoms with Gasteiger partial charge >= 0.3 is 0 Å². The summed E-state index contributed by atoms with van der Waals surface area (Å²) in [5, 5.41) is 8.79. The van der Waals surface area contributed by atoms with Crippen molar-refractivity contribution in [2.75, 3.05) is 5.32 Å². The van der Waals surface area contributed by atoms with Crippen LogP contribution in [0.5, 0.6) is 0 Å². The first kappa shape index (κ1) is 20.9. The quantitative estimate of drug-likeness (QED) is 0.266. The zero-order valence-electron chi connectivity index (χ0n) is 19.6. The molecule has 0 unspecified atom stereocenters. The van der Waals surface area contributed by atoms with E-state index in [4.69, 9.17) is 0 Å². The average Bonchev–Trinajstić information content (AvgIpc) is 3.32. The molecule has 0 atom stereocenters. The Labute approximate surface area is 214 Å². The van der Waals surface area contributed by atoms with Gasteiger partial charge in [0.15, 0.2) is 0 Å². The molecule has 1 N–H and O–H groups in total. The van der Waals surface area contributed by atoms with E-state index in [0.29, 0.717) is 0 Å². The van der Waals surface area contributed by atoms with Gasteiger partial charge in [0, 0.05) is 37.1 Å². The van der Waals surface area contributed by atoms with Crippen molar-refractivity contribution in [3.63, 3.8) is 0 Å². The highest BCUT2D eigenvalue weighted by molar-refractivity contribution is 7.26. The first-order valence-corrected chi connectivity index (χ1v) is 13.0. The molecule has 0 aliphatic carbocycles. The molecule has 2 heteroatoms. The second kappa shape index (κ2) is 8.67. The predicted octanol–water partition coefficient (Wildman–Crippen LogP) is 10.3. The monoisotopic (exact) mass is 477 g/mol. The molecule has 0 amide bonds. The predicted molar refractivity (Wildman–Crippen MR) is 157 cm³/mol. The molecular formula is C34H23NS. The van der Waals surface area contributed by atoms with Crippen LogP contribution in [0.15, 0.2) is 133 Å². The Morgan fingerprint density at radius 1 is 0.444 bits per heavy atom. The van der Waals surface area contributed by atoms with E-state index >= 15 is 0 Å². The van der Waals surface area contributed by atoms with Crippen LogP contribution in [0.2, 0.25) is 0 Å². The minimum Gasteiger partial charge on any atom is -0.355 e. The zero-order chi connectivity index (χ0) is 23.9. The third-order valence-electron chi connectivity index (χ3n) is 6.82. The molecule has 0 saturated carbocycles. The molecule has 0 aliphatic heterocycles. The maximum Gasteiger partial charge on any atom is 0.0435 e. The van der Waals surface area contributed by atoms with Gasteiger partial charge in [-0.3, -0.25) is 0 Å². The summed E-state index contributed by atoms with van der Waals surface area (Å²) >= 11 is 1.87. The Hall–Kier alpha value is -4.40. The number of fused-ring (bicyclic) bond motifs is 4. The first-order valence-electron chi connectivity index (χ1n) is 12.2. The Kier molecular flexibility index (Phi) is 5.04. The summed E-state index contributed by atoms with van der Waals surface area (Å²) in [4.78, 5) is 0. The van der Waals surface area contributed by atoms with Crippen molar-refractivity contribution in [3.05, 3.63) is 133 Å². The van der Waals surface area contributed by atoms with E-state index in [2.05, 4.69) is 139 Å². The Morgan fingerprint density at radius 3 is 2.00 bits per heavy atom. The van der Waals surface area contributed by atoms with Crippen molar-refractivity contribution >= 4 is 53.7 Å². The summed E-state index contributed by atoms with van der Waals surface area (Å²) in [6.45, 7) is 0. The van der Waals surface area contributed by atoms with Crippen LogP contribution in [0.1, 0.15) is 0 Å². The van der Waals surface area contributed by atoms with Crippen molar-refractivity contribution in [1.82, 2.24) is 0 Å². The Bertz CT molecular complexity index is 1850. The van der Waals surface area contributed by atoms with Crippen LogP contribution < -0.4 is 5.32 Å². The summed E-state index contributed by atoms with van der Waals surface area (Å²) in [7, 11) is 0. The van der Waals surface area contributed by atoms with Crippen LogP contribution in [0.3, 0.4) is 0 Å². The summed E-state index contributed by atoms with van der Waals surface area (Å²) in [6.07, 6.45) is 0. The van der Waals surface area contributed by atoms with Crippen LogP contribution >= 0.6 is 11.3 Å². The van der Waals surface area contributed by atoms with E-state index in [1.807, 2.05) is 11.3 Å². The molecule has 0 radical (unpaired) electrons. The largest absolute Gasteiger partial charge is 0.355 e. The van der Waals surface area contributed by atoms with E-state index < -0.39 is 0 Å². The molecule has 0 fully saturated rings. The number of rotatable bonds is 4. The lowest BCUT2D eigenvalue weighted by molar-refractivity contribution is 1.58. The zero-order valence-corrected chi connectivity index (χ0v) is 20.4. The van der Waals surface area contributed by atoms with Crippen molar-refractivity contribution in [1.29, 1.82) is 0 Å². The third-order valence-corrected chi connectivity index (χ3v) is 8.04. The van der Waals surface area contributed by atoms with Gasteiger partial charge in [-0.05, 0) is 57.8 Å². The van der Waals surface area contributed by atoms with Crippen LogP contribution in [0.25, 0.3) is 53.2 Å². The summed E-state index contributed by atoms with van der Waals surface area (Å²) in [6, 6.07) is 47.9. The van der Waals surface area contributed by atoms with E-state index in [9.17, 15) is 0 Å². The molecule has 36 heavy (non-hydrogen) atoms. The van der Waals surface area contributed by atoms with Gasteiger partial charge in [-0.1, -0.05) is 103 Å². The van der Waals surface area contributed by atoms with Crippen molar-refractivity contribution in [3.8, 4) is 22.3 Å². The Balaban J connectivity index is 1.37. The molecule has 0 spiro atoms. The van der Waals surface area contributed by atoms with Gasteiger partial charge in [0.25, 0.3) is 0 Å². The van der Waals surface area contributed by atoms with Gasteiger partial charge in [0.2, 0.25) is 0 Å². The summed E-state index contributed by atoms with van der Waals surface area (Å²) in [5.74, 6) is 0. The molecule has 0 aliphatic rings. The van der Waals surface area contributed by atoms with Crippen LogP contribution in [0, 0.1) is 0 Å². The van der Waals surface area contributed by atoms with Gasteiger partial charge < -0.3 is 5.32 Å². The van der Waals surface area contributed by atoms with Crippen molar-refractivity contribution in [2.45, 2.75) is 0 Å². The third kappa shape index (κ3) is 3.73. The molecule has 1 nitrogen and oxygen atoms in total. The standard InChI is InChI=1S/C34H23NS/c1-2-8-23(9-3-1)25-14-16-26(17-15-25)31-21-29(22-32-30-12-6-7-13-33(30)36-34(31)32)35-28-19-18-24-10-4-5-11-27(24)20-28/h1-22,35H. The minimum absolute atomic E-state index is 1.10. The fourth-order valence-electron chi connectivity index (χ4n) is 5.02. The number of hydrogen-bond acceptors (Lipinski definition) is 2. The normalized spacial score (nSPS) is 11.3. The van der Waals surface area contributed by atoms with Gasteiger partial charge in [-0.15, -0.1) is 11.3 Å². The second-order valence-corrected chi connectivity index (χ2v) is 10.2. The molecular weight excluding hydrogens is 454 g/mol. The SMILES string of the molecule is c1ccc(-c2ccc(-c3cc(Nc4ccc5ccccc5c4)cc4c3sc3ccccc34)cc2)cc1. The number of thiophene rings is 1. The van der Waals surface area contributed by atoms with E-state index in [0.717, 1.165) is 11.4 Å². The van der Waals surface area contributed by atoms with Gasteiger partial charge in [-0.25, -0.2) is 0 Å². The number of nitrogens with one attached hydrogen (secondary N) is 1. The first-order chi connectivity index (χ1) is 17.8. The maximum absolute atomic E-state index is 3.69. The summed E-state index contributed by atoms with van der Waals surface area (Å²) < 4.78 is 2.64. The van der Waals surface area contributed by atoms with Gasteiger partial charge in [0.05, 0.1) is 0 Å². The maximum atomic E-state index is 3.69. The lowest BCUT2D eigenvalue weighted by Crippen LogP contribution is -1.91. The van der Waals surface area contributed by atoms with Crippen LogP contribution in [0.4, 0.5) is 11.4 Å². The smallest absolute Gasteiger partial charge is 0.0435 e. The van der Waals surface area contributed by atoms with Crippen molar-refractivity contribution < 1.29 is 0 Å². The molecule has 0 saturated heterocycles. The number of hydrogen-bond donors (Lipinski definition) is 1. The highest BCUT2D eigenvalue weighted by atomic mass is 32.1. The molecule has 6 aromatic carbocycles. The fourth-order valence-corrected chi connectivity index (χ4v) is 6.24. The topological polar surface area (TPSA) is 12.0 Å². The number of benzene rings is 6. The average molecular weight is 478 g/mol. The lowest BCUT2D eigenvalue weighted by Gasteiger charge is -2.12. The molecule has 1 aromatic heterocycles. The molecule has 7 rings (SSSR count). The lowest BCUT2D eigenvalue weighted by atomic mass is 9.98. The molecule has 170 valence electrons. The molecule has 7 aromatic rings. The highest BCUT2D eigenvalue weighted by Gasteiger charge is 2.13.